The molecular formula is C16H16ClNO2. The molecule has 4 heteroatoms. The highest BCUT2D eigenvalue weighted by Gasteiger charge is 2.13. The van der Waals surface area contributed by atoms with Gasteiger partial charge in [0.1, 0.15) is 5.75 Å². The van der Waals surface area contributed by atoms with Gasteiger partial charge in [-0.3, -0.25) is 4.79 Å². The molecule has 0 aliphatic heterocycles. The van der Waals surface area contributed by atoms with Gasteiger partial charge in [0.05, 0.1) is 0 Å². The van der Waals surface area contributed by atoms with E-state index in [-0.39, 0.29) is 11.7 Å². The molecule has 2 rings (SSSR count). The zero-order valence-electron chi connectivity index (χ0n) is 11.4. The van der Waals surface area contributed by atoms with Gasteiger partial charge in [-0.2, -0.15) is 0 Å². The number of carbonyl (C=O) groups is 1. The summed E-state index contributed by atoms with van der Waals surface area (Å²) in [6.07, 6.45) is 0. The van der Waals surface area contributed by atoms with E-state index < -0.39 is 0 Å². The van der Waals surface area contributed by atoms with Gasteiger partial charge in [0.15, 0.2) is 0 Å². The minimum atomic E-state index is -0.129. The smallest absolute Gasteiger partial charge is 0.254 e. The Morgan fingerprint density at radius 2 is 1.85 bits per heavy atom. The Morgan fingerprint density at radius 1 is 1.20 bits per heavy atom. The van der Waals surface area contributed by atoms with Crippen LogP contribution in [-0.4, -0.2) is 23.0 Å². The fourth-order valence-corrected chi connectivity index (χ4v) is 2.02. The highest BCUT2D eigenvalue weighted by molar-refractivity contribution is 6.30. The normalized spacial score (nSPS) is 10.3. The van der Waals surface area contributed by atoms with Crippen molar-refractivity contribution in [3.63, 3.8) is 0 Å². The van der Waals surface area contributed by atoms with Crippen molar-refractivity contribution in [1.82, 2.24) is 4.90 Å². The molecule has 1 N–H and O–H groups in total. The second kappa shape index (κ2) is 5.97. The molecule has 0 heterocycles. The van der Waals surface area contributed by atoms with Crippen LogP contribution in [0.2, 0.25) is 5.02 Å². The van der Waals surface area contributed by atoms with Crippen molar-refractivity contribution in [1.29, 1.82) is 0 Å². The summed E-state index contributed by atoms with van der Waals surface area (Å²) < 4.78 is 0. The maximum Gasteiger partial charge on any atom is 0.254 e. The monoisotopic (exact) mass is 289 g/mol. The molecule has 0 bridgehead atoms. The first-order chi connectivity index (χ1) is 9.47. The molecule has 0 spiro atoms. The van der Waals surface area contributed by atoms with E-state index in [1.165, 1.54) is 6.07 Å². The Bertz CT molecular complexity index is 623. The van der Waals surface area contributed by atoms with E-state index in [1.54, 1.807) is 43.1 Å². The van der Waals surface area contributed by atoms with Crippen LogP contribution in [0.15, 0.2) is 42.5 Å². The van der Waals surface area contributed by atoms with E-state index >= 15 is 0 Å². The van der Waals surface area contributed by atoms with Gasteiger partial charge in [-0.05, 0) is 42.3 Å². The molecule has 0 unspecified atom stereocenters. The number of aryl methyl sites for hydroxylation is 1. The van der Waals surface area contributed by atoms with Crippen LogP contribution in [0.25, 0.3) is 0 Å². The third-order valence-corrected chi connectivity index (χ3v) is 3.39. The highest BCUT2D eigenvalue weighted by Crippen LogP contribution is 2.19. The lowest BCUT2D eigenvalue weighted by Crippen LogP contribution is -2.26. The number of halogens is 1. The van der Waals surface area contributed by atoms with Gasteiger partial charge < -0.3 is 10.0 Å². The molecule has 0 aliphatic rings. The molecule has 0 atom stereocenters. The van der Waals surface area contributed by atoms with Crippen molar-refractivity contribution in [2.24, 2.45) is 0 Å². The number of amides is 1. The Morgan fingerprint density at radius 3 is 2.45 bits per heavy atom. The van der Waals surface area contributed by atoms with Gasteiger partial charge in [-0.25, -0.2) is 0 Å². The molecule has 0 fully saturated rings. The number of rotatable bonds is 3. The van der Waals surface area contributed by atoms with Gasteiger partial charge >= 0.3 is 0 Å². The van der Waals surface area contributed by atoms with E-state index in [2.05, 4.69) is 0 Å². The second-order valence-electron chi connectivity index (χ2n) is 4.79. The van der Waals surface area contributed by atoms with Gasteiger partial charge in [-0.15, -0.1) is 0 Å². The summed E-state index contributed by atoms with van der Waals surface area (Å²) in [4.78, 5) is 13.9. The molecule has 1 amide bonds. The molecule has 0 aliphatic carbocycles. The van der Waals surface area contributed by atoms with E-state index in [0.717, 1.165) is 11.1 Å². The van der Waals surface area contributed by atoms with Gasteiger partial charge in [-0.1, -0.05) is 29.8 Å². The van der Waals surface area contributed by atoms with Crippen LogP contribution in [0, 0.1) is 6.92 Å². The zero-order chi connectivity index (χ0) is 14.7. The van der Waals surface area contributed by atoms with E-state index in [4.69, 9.17) is 11.6 Å². The van der Waals surface area contributed by atoms with Crippen molar-refractivity contribution in [2.75, 3.05) is 7.05 Å². The molecule has 2 aromatic carbocycles. The lowest BCUT2D eigenvalue weighted by atomic mass is 10.1. The van der Waals surface area contributed by atoms with Crippen molar-refractivity contribution in [2.45, 2.75) is 13.5 Å². The summed E-state index contributed by atoms with van der Waals surface area (Å²) in [6.45, 7) is 2.28. The standard InChI is InChI=1S/C16H16ClNO2/c1-11-3-6-13(9-15(11)19)16(20)18(2)10-12-4-7-14(17)8-5-12/h3-9,19H,10H2,1-2H3. The van der Waals surface area contributed by atoms with Crippen molar-refractivity contribution < 1.29 is 9.90 Å². The van der Waals surface area contributed by atoms with Gasteiger partial charge in [0, 0.05) is 24.2 Å². The Labute approximate surface area is 123 Å². The van der Waals surface area contributed by atoms with Crippen LogP contribution in [0.5, 0.6) is 5.75 Å². The molecule has 0 radical (unpaired) electrons. The van der Waals surface area contributed by atoms with Crippen molar-refractivity contribution >= 4 is 17.5 Å². The molecule has 0 saturated heterocycles. The number of phenolic OH excluding ortho intramolecular Hbond substituents is 1. The van der Waals surface area contributed by atoms with E-state index in [1.807, 2.05) is 12.1 Å². The highest BCUT2D eigenvalue weighted by atomic mass is 35.5. The minimum absolute atomic E-state index is 0.129. The number of carbonyl (C=O) groups excluding carboxylic acids is 1. The van der Waals surface area contributed by atoms with Crippen LogP contribution in [0.4, 0.5) is 0 Å². The fraction of sp³-hybridized carbons (Fsp3) is 0.188. The summed E-state index contributed by atoms with van der Waals surface area (Å²) in [5.74, 6) is 0.00555. The van der Waals surface area contributed by atoms with Gasteiger partial charge in [0.2, 0.25) is 0 Å². The topological polar surface area (TPSA) is 40.5 Å². The van der Waals surface area contributed by atoms with Crippen LogP contribution < -0.4 is 0 Å². The molecule has 0 aromatic heterocycles. The van der Waals surface area contributed by atoms with Crippen molar-refractivity contribution in [3.8, 4) is 5.75 Å². The largest absolute Gasteiger partial charge is 0.508 e. The third-order valence-electron chi connectivity index (χ3n) is 3.14. The maximum absolute atomic E-state index is 12.3. The first kappa shape index (κ1) is 14.4. The molecule has 2 aromatic rings. The lowest BCUT2D eigenvalue weighted by Gasteiger charge is -2.17. The Balaban J connectivity index is 2.11. The molecule has 20 heavy (non-hydrogen) atoms. The summed E-state index contributed by atoms with van der Waals surface area (Å²) in [6, 6.07) is 12.3. The lowest BCUT2D eigenvalue weighted by molar-refractivity contribution is 0.0784. The first-order valence-corrected chi connectivity index (χ1v) is 6.64. The van der Waals surface area contributed by atoms with Crippen LogP contribution in [0.3, 0.4) is 0 Å². The van der Waals surface area contributed by atoms with E-state index in [9.17, 15) is 9.90 Å². The maximum atomic E-state index is 12.3. The predicted molar refractivity (Wildman–Crippen MR) is 80.1 cm³/mol. The number of benzene rings is 2. The molecular weight excluding hydrogens is 274 g/mol. The molecule has 0 saturated carbocycles. The first-order valence-electron chi connectivity index (χ1n) is 6.27. The number of nitrogens with zero attached hydrogens (tertiary/aromatic N) is 1. The Hall–Kier alpha value is -2.00. The average molecular weight is 290 g/mol. The quantitative estimate of drug-likeness (QED) is 0.937. The molecule has 104 valence electrons. The molecule has 3 nitrogen and oxygen atoms in total. The number of hydrogen-bond donors (Lipinski definition) is 1. The SMILES string of the molecule is Cc1ccc(C(=O)N(C)Cc2ccc(Cl)cc2)cc1O. The summed E-state index contributed by atoms with van der Waals surface area (Å²) >= 11 is 5.83. The zero-order valence-corrected chi connectivity index (χ0v) is 12.2. The average Bonchev–Trinajstić information content (AvgIpc) is 2.43. The predicted octanol–water partition coefficient (Wildman–Crippen LogP) is 3.63. The van der Waals surface area contributed by atoms with E-state index in [0.29, 0.717) is 17.1 Å². The van der Waals surface area contributed by atoms with Crippen molar-refractivity contribution in [3.05, 3.63) is 64.2 Å². The van der Waals surface area contributed by atoms with Crippen LogP contribution in [0.1, 0.15) is 21.5 Å². The number of aromatic hydroxyl groups is 1. The summed E-state index contributed by atoms with van der Waals surface area (Å²) in [5, 5.41) is 10.3. The third kappa shape index (κ3) is 3.31. The van der Waals surface area contributed by atoms with Gasteiger partial charge in [0.25, 0.3) is 5.91 Å². The van der Waals surface area contributed by atoms with Crippen LogP contribution >= 0.6 is 11.6 Å². The summed E-state index contributed by atoms with van der Waals surface area (Å²) in [7, 11) is 1.73. The van der Waals surface area contributed by atoms with Crippen LogP contribution in [-0.2, 0) is 6.54 Å². The Kier molecular flexibility index (Phi) is 4.30. The number of phenols is 1. The second-order valence-corrected chi connectivity index (χ2v) is 5.23. The summed E-state index contributed by atoms with van der Waals surface area (Å²) in [5.41, 5.74) is 2.23. The fourth-order valence-electron chi connectivity index (χ4n) is 1.90. The minimum Gasteiger partial charge on any atom is -0.508 e. The number of hydrogen-bond acceptors (Lipinski definition) is 2.